The summed E-state index contributed by atoms with van der Waals surface area (Å²) in [5.41, 5.74) is 5.27. The maximum atomic E-state index is 9.95. The molecule has 6 nitrogen and oxygen atoms in total. The lowest BCUT2D eigenvalue weighted by atomic mass is 9.95. The number of aromatic nitrogens is 2. The smallest absolute Gasteiger partial charge is 0.153 e. The molecule has 0 saturated carbocycles. The first-order valence-corrected chi connectivity index (χ1v) is 11.4. The van der Waals surface area contributed by atoms with Crippen molar-refractivity contribution in [2.45, 2.75) is 78.0 Å². The molecular weight excluding hydrogens is 376 g/mol. The maximum absolute atomic E-state index is 9.95. The molecule has 0 spiro atoms. The van der Waals surface area contributed by atoms with Crippen molar-refractivity contribution in [1.82, 2.24) is 15.5 Å². The molecule has 6 heteroatoms. The van der Waals surface area contributed by atoms with Gasteiger partial charge in [0.05, 0.1) is 12.3 Å². The molecule has 0 aliphatic carbocycles. The van der Waals surface area contributed by atoms with E-state index < -0.39 is 0 Å². The molecular formula is C24H36N4O2. The molecule has 3 N–H and O–H groups in total. The van der Waals surface area contributed by atoms with E-state index in [0.29, 0.717) is 19.3 Å². The lowest BCUT2D eigenvalue weighted by molar-refractivity contribution is 0.119. The largest absolute Gasteiger partial charge is 0.508 e. The first kappa shape index (κ1) is 22.5. The Morgan fingerprint density at radius 2 is 2.07 bits per heavy atom. The van der Waals surface area contributed by atoms with Crippen LogP contribution in [0.3, 0.4) is 0 Å². The molecule has 0 bridgehead atoms. The second kappa shape index (κ2) is 11.3. The Morgan fingerprint density at radius 1 is 1.20 bits per heavy atom. The Balaban J connectivity index is 2.01. The Morgan fingerprint density at radius 3 is 2.83 bits per heavy atom. The standard InChI is InChI=1S/C24H36N4O2/c1-4-6-7-9-18(5-2)26-24-22(15-25-3)21-10-8-13-30-16-17-14-19(29)11-12-20(17)23(21)27-28-24/h11-12,14,18,25,29H,4-10,13,15-16H2,1-3H3,(H,26,28). The van der Waals surface area contributed by atoms with E-state index in [9.17, 15) is 5.11 Å². The third-order valence-corrected chi connectivity index (χ3v) is 5.85. The highest BCUT2D eigenvalue weighted by Crippen LogP contribution is 2.34. The summed E-state index contributed by atoms with van der Waals surface area (Å²) in [4.78, 5) is 0. The van der Waals surface area contributed by atoms with Crippen LogP contribution in [0.15, 0.2) is 18.2 Å². The summed E-state index contributed by atoms with van der Waals surface area (Å²) >= 11 is 0. The number of fused-ring (bicyclic) bond motifs is 3. The zero-order valence-corrected chi connectivity index (χ0v) is 18.6. The Labute approximate surface area is 180 Å². The molecule has 0 radical (unpaired) electrons. The summed E-state index contributed by atoms with van der Waals surface area (Å²) in [5.74, 6) is 1.14. The lowest BCUT2D eigenvalue weighted by Gasteiger charge is -2.22. The molecule has 2 aromatic rings. The van der Waals surface area contributed by atoms with Crippen molar-refractivity contribution in [3.05, 3.63) is 34.9 Å². The highest BCUT2D eigenvalue weighted by molar-refractivity contribution is 5.71. The van der Waals surface area contributed by atoms with Crippen molar-refractivity contribution >= 4 is 5.82 Å². The van der Waals surface area contributed by atoms with Crippen molar-refractivity contribution < 1.29 is 9.84 Å². The molecule has 1 aromatic carbocycles. The van der Waals surface area contributed by atoms with Crippen molar-refractivity contribution in [2.24, 2.45) is 0 Å². The Kier molecular flexibility index (Phi) is 8.46. The third kappa shape index (κ3) is 5.49. The van der Waals surface area contributed by atoms with Gasteiger partial charge in [0, 0.05) is 30.3 Å². The maximum Gasteiger partial charge on any atom is 0.153 e. The summed E-state index contributed by atoms with van der Waals surface area (Å²) in [5, 5.41) is 26.3. The normalized spacial score (nSPS) is 14.8. The topological polar surface area (TPSA) is 79.3 Å². The minimum absolute atomic E-state index is 0.248. The predicted octanol–water partition coefficient (Wildman–Crippen LogP) is 4.80. The van der Waals surface area contributed by atoms with Crippen LogP contribution in [-0.2, 0) is 24.3 Å². The first-order valence-electron chi connectivity index (χ1n) is 11.4. The minimum atomic E-state index is 0.248. The van der Waals surface area contributed by atoms with Gasteiger partial charge in [0.1, 0.15) is 5.75 Å². The summed E-state index contributed by atoms with van der Waals surface area (Å²) in [6.07, 6.45) is 7.77. The number of phenolic OH excluding ortho intramolecular Hbond substituents is 1. The van der Waals surface area contributed by atoms with Gasteiger partial charge in [-0.3, -0.25) is 0 Å². The van der Waals surface area contributed by atoms with Crippen LogP contribution in [0, 0.1) is 0 Å². The van der Waals surface area contributed by atoms with Gasteiger partial charge in [-0.25, -0.2) is 0 Å². The first-order chi connectivity index (χ1) is 14.7. The molecule has 2 heterocycles. The fourth-order valence-corrected chi connectivity index (χ4v) is 4.15. The highest BCUT2D eigenvalue weighted by Gasteiger charge is 2.22. The van der Waals surface area contributed by atoms with Crippen LogP contribution in [0.2, 0.25) is 0 Å². The van der Waals surface area contributed by atoms with Gasteiger partial charge in [0.25, 0.3) is 0 Å². The molecule has 1 aliphatic heterocycles. The number of ether oxygens (including phenoxy) is 1. The van der Waals surface area contributed by atoms with E-state index in [1.165, 1.54) is 30.4 Å². The van der Waals surface area contributed by atoms with Gasteiger partial charge in [-0.1, -0.05) is 33.1 Å². The molecule has 30 heavy (non-hydrogen) atoms. The van der Waals surface area contributed by atoms with Crippen molar-refractivity contribution in [3.63, 3.8) is 0 Å². The van der Waals surface area contributed by atoms with Crippen LogP contribution >= 0.6 is 0 Å². The number of nitrogens with one attached hydrogen (secondary N) is 2. The van der Waals surface area contributed by atoms with Gasteiger partial charge < -0.3 is 20.5 Å². The van der Waals surface area contributed by atoms with Crippen LogP contribution < -0.4 is 10.6 Å². The van der Waals surface area contributed by atoms with E-state index in [-0.39, 0.29) is 5.75 Å². The van der Waals surface area contributed by atoms with Crippen molar-refractivity contribution in [2.75, 3.05) is 19.0 Å². The number of aromatic hydroxyl groups is 1. The number of hydrogen-bond donors (Lipinski definition) is 3. The molecule has 0 amide bonds. The van der Waals surface area contributed by atoms with Gasteiger partial charge in [0.2, 0.25) is 0 Å². The van der Waals surface area contributed by atoms with Gasteiger partial charge in [0.15, 0.2) is 5.82 Å². The van der Waals surface area contributed by atoms with E-state index in [1.807, 2.05) is 13.1 Å². The van der Waals surface area contributed by atoms with Crippen molar-refractivity contribution in [3.8, 4) is 17.0 Å². The van der Waals surface area contributed by atoms with Gasteiger partial charge >= 0.3 is 0 Å². The lowest BCUT2D eigenvalue weighted by Crippen LogP contribution is -2.23. The molecule has 0 saturated heterocycles. The van der Waals surface area contributed by atoms with Gasteiger partial charge in [-0.15, -0.1) is 10.2 Å². The Hall–Kier alpha value is -2.18. The number of anilines is 1. The SMILES string of the molecule is CCCCCC(CC)Nc1nnc2c(c1CNC)CCCOCc1cc(O)ccc1-2. The van der Waals surface area contributed by atoms with E-state index in [1.54, 1.807) is 12.1 Å². The number of hydrogen-bond acceptors (Lipinski definition) is 6. The van der Waals surface area contributed by atoms with Crippen LogP contribution in [0.5, 0.6) is 5.75 Å². The monoisotopic (exact) mass is 412 g/mol. The van der Waals surface area contributed by atoms with Gasteiger partial charge in [-0.05, 0) is 62.1 Å². The second-order valence-corrected chi connectivity index (χ2v) is 8.13. The molecule has 0 fully saturated rings. The van der Waals surface area contributed by atoms with Crippen molar-refractivity contribution in [1.29, 1.82) is 0 Å². The van der Waals surface area contributed by atoms with Crippen LogP contribution in [0.4, 0.5) is 5.82 Å². The third-order valence-electron chi connectivity index (χ3n) is 5.85. The molecule has 3 rings (SSSR count). The van der Waals surface area contributed by atoms with E-state index in [0.717, 1.165) is 54.9 Å². The number of benzene rings is 1. The second-order valence-electron chi connectivity index (χ2n) is 8.13. The summed E-state index contributed by atoms with van der Waals surface area (Å²) < 4.78 is 5.84. The van der Waals surface area contributed by atoms with E-state index in [4.69, 9.17) is 4.74 Å². The zero-order chi connectivity index (χ0) is 21.3. The summed E-state index contributed by atoms with van der Waals surface area (Å²) in [6.45, 7) is 6.37. The number of unbranched alkanes of at least 4 members (excludes halogenated alkanes) is 2. The fraction of sp³-hybridized carbons (Fsp3) is 0.583. The van der Waals surface area contributed by atoms with E-state index >= 15 is 0 Å². The zero-order valence-electron chi connectivity index (χ0n) is 18.6. The van der Waals surface area contributed by atoms with Crippen LogP contribution in [0.25, 0.3) is 11.3 Å². The molecule has 164 valence electrons. The minimum Gasteiger partial charge on any atom is -0.508 e. The summed E-state index contributed by atoms with van der Waals surface area (Å²) in [7, 11) is 1.97. The van der Waals surface area contributed by atoms with Gasteiger partial charge in [-0.2, -0.15) is 0 Å². The fourth-order valence-electron chi connectivity index (χ4n) is 4.15. The number of phenols is 1. The molecule has 1 aromatic heterocycles. The Bertz CT molecular complexity index is 825. The summed E-state index contributed by atoms with van der Waals surface area (Å²) in [6, 6.07) is 5.83. The quantitative estimate of drug-likeness (QED) is 0.513. The number of nitrogens with zero attached hydrogens (tertiary/aromatic N) is 2. The van der Waals surface area contributed by atoms with E-state index in [2.05, 4.69) is 34.7 Å². The average Bonchev–Trinajstić information content (AvgIpc) is 2.83. The number of rotatable bonds is 9. The predicted molar refractivity (Wildman–Crippen MR) is 122 cm³/mol. The average molecular weight is 413 g/mol. The molecule has 1 atom stereocenters. The highest BCUT2D eigenvalue weighted by atomic mass is 16.5. The van der Waals surface area contributed by atoms with Crippen LogP contribution in [-0.4, -0.2) is 35.0 Å². The molecule has 1 aliphatic rings. The molecule has 1 unspecified atom stereocenters. The van der Waals surface area contributed by atoms with Crippen LogP contribution in [0.1, 0.15) is 69.1 Å².